The van der Waals surface area contributed by atoms with Crippen LogP contribution >= 0.6 is 0 Å². The lowest BCUT2D eigenvalue weighted by Crippen LogP contribution is -2.03. The number of nitrogens with zero attached hydrogens (tertiary/aromatic N) is 2. The molecule has 0 unspecified atom stereocenters. The van der Waals surface area contributed by atoms with Gasteiger partial charge in [0.15, 0.2) is 0 Å². The fraction of sp³-hybridized carbons (Fsp3) is 0.0588. The average molecular weight is 308 g/mol. The van der Waals surface area contributed by atoms with E-state index in [1.165, 1.54) is 31.4 Å². The number of nitro benzene ring substituents is 1. The summed E-state index contributed by atoms with van der Waals surface area (Å²) in [5.74, 6) is -0.0609. The van der Waals surface area contributed by atoms with Gasteiger partial charge in [0, 0.05) is 23.3 Å². The molecule has 0 heterocycles. The second kappa shape index (κ2) is 7.00. The number of carbonyl (C=O) groups is 1. The molecule has 0 aromatic heterocycles. The van der Waals surface area contributed by atoms with Gasteiger partial charge in [0.1, 0.15) is 17.4 Å². The molecule has 6 nitrogen and oxygen atoms in total. The summed E-state index contributed by atoms with van der Waals surface area (Å²) < 4.78 is 5.17. The summed E-state index contributed by atoms with van der Waals surface area (Å²) in [6, 6.07) is 14.0. The molecule has 0 aliphatic heterocycles. The predicted octanol–water partition coefficient (Wildman–Crippen LogP) is 3.39. The fourth-order valence-electron chi connectivity index (χ4n) is 2.01. The number of non-ortho nitro benzene ring substituents is 1. The molecule has 6 heteroatoms. The van der Waals surface area contributed by atoms with Crippen molar-refractivity contribution in [2.75, 3.05) is 7.11 Å². The first kappa shape index (κ1) is 15.9. The number of benzene rings is 2. The van der Waals surface area contributed by atoms with Crippen LogP contribution in [0.2, 0.25) is 0 Å². The Labute approximate surface area is 132 Å². The van der Waals surface area contributed by atoms with Crippen LogP contribution in [0.5, 0.6) is 5.75 Å². The van der Waals surface area contributed by atoms with E-state index in [1.807, 2.05) is 6.07 Å². The van der Waals surface area contributed by atoms with Crippen LogP contribution in [0.4, 0.5) is 5.69 Å². The second-order valence-electron chi connectivity index (χ2n) is 4.55. The third-order valence-electron chi connectivity index (χ3n) is 3.12. The highest BCUT2D eigenvalue weighted by Crippen LogP contribution is 2.22. The topological polar surface area (TPSA) is 93.2 Å². The van der Waals surface area contributed by atoms with Crippen molar-refractivity contribution in [2.24, 2.45) is 0 Å². The highest BCUT2D eigenvalue weighted by atomic mass is 16.6. The number of hydrogen-bond donors (Lipinski definition) is 0. The van der Waals surface area contributed by atoms with Gasteiger partial charge in [-0.3, -0.25) is 14.9 Å². The van der Waals surface area contributed by atoms with Crippen molar-refractivity contribution >= 4 is 17.5 Å². The van der Waals surface area contributed by atoms with Crippen molar-refractivity contribution < 1.29 is 14.5 Å². The minimum absolute atomic E-state index is 0.0851. The van der Waals surface area contributed by atoms with Gasteiger partial charge < -0.3 is 4.74 Å². The van der Waals surface area contributed by atoms with Crippen molar-refractivity contribution in [3.05, 3.63) is 75.3 Å². The summed E-state index contributed by atoms with van der Waals surface area (Å²) in [7, 11) is 1.49. The van der Waals surface area contributed by atoms with Crippen molar-refractivity contribution in [1.29, 1.82) is 5.26 Å². The molecule has 0 radical (unpaired) electrons. The largest absolute Gasteiger partial charge is 0.496 e. The summed E-state index contributed by atoms with van der Waals surface area (Å²) >= 11 is 0. The first-order chi connectivity index (χ1) is 11.1. The van der Waals surface area contributed by atoms with Crippen LogP contribution in [-0.2, 0) is 0 Å². The minimum atomic E-state index is -0.591. The molecule has 0 saturated carbocycles. The number of allylic oxidation sites excluding steroid dienone is 1. The molecular formula is C17H12N2O4. The van der Waals surface area contributed by atoms with Crippen molar-refractivity contribution in [1.82, 2.24) is 0 Å². The average Bonchev–Trinajstić information content (AvgIpc) is 2.59. The van der Waals surface area contributed by atoms with Gasteiger partial charge in [-0.25, -0.2) is 0 Å². The number of methoxy groups -OCH3 is 1. The Hall–Kier alpha value is -3.46. The van der Waals surface area contributed by atoms with Gasteiger partial charge in [0.25, 0.3) is 5.69 Å². The first-order valence-electron chi connectivity index (χ1n) is 6.60. The second-order valence-corrected chi connectivity index (χ2v) is 4.55. The summed E-state index contributed by atoms with van der Waals surface area (Å²) in [5, 5.41) is 20.0. The summed E-state index contributed by atoms with van der Waals surface area (Å²) in [6.07, 6.45) is 1.40. The van der Waals surface area contributed by atoms with Gasteiger partial charge in [-0.05, 0) is 12.1 Å². The Kier molecular flexibility index (Phi) is 4.85. The van der Waals surface area contributed by atoms with Crippen molar-refractivity contribution in [3.63, 3.8) is 0 Å². The molecule has 114 valence electrons. The van der Waals surface area contributed by atoms with Crippen LogP contribution in [0, 0.1) is 21.4 Å². The molecule has 2 aromatic carbocycles. The summed E-state index contributed by atoms with van der Waals surface area (Å²) in [6.45, 7) is 0. The van der Waals surface area contributed by atoms with Crippen molar-refractivity contribution in [2.45, 2.75) is 0 Å². The molecule has 2 rings (SSSR count). The van der Waals surface area contributed by atoms with Crippen LogP contribution in [0.1, 0.15) is 15.9 Å². The third-order valence-corrected chi connectivity index (χ3v) is 3.12. The Morgan fingerprint density at radius 1 is 1.26 bits per heavy atom. The maximum atomic E-state index is 12.4. The van der Waals surface area contributed by atoms with Gasteiger partial charge in [-0.2, -0.15) is 5.26 Å². The predicted molar refractivity (Wildman–Crippen MR) is 84.0 cm³/mol. The Balaban J connectivity index is 2.43. The number of Topliss-reactive ketones (excluding diaryl/α,β-unsaturated/α-hetero) is 1. The van der Waals surface area contributed by atoms with E-state index >= 15 is 0 Å². The SMILES string of the molecule is COc1ccccc1/C=C(\C#N)C(=O)c1cccc([N+](=O)[O-])c1. The van der Waals surface area contributed by atoms with Gasteiger partial charge in [-0.15, -0.1) is 0 Å². The highest BCUT2D eigenvalue weighted by molar-refractivity contribution is 6.14. The Morgan fingerprint density at radius 2 is 2.00 bits per heavy atom. The van der Waals surface area contributed by atoms with Crippen LogP contribution < -0.4 is 4.74 Å². The van der Waals surface area contributed by atoms with Gasteiger partial charge >= 0.3 is 0 Å². The molecule has 0 atom stereocenters. The smallest absolute Gasteiger partial charge is 0.270 e. The van der Waals surface area contributed by atoms with E-state index in [9.17, 15) is 20.2 Å². The normalized spacial score (nSPS) is 10.7. The molecular weight excluding hydrogens is 296 g/mol. The number of para-hydroxylation sites is 1. The number of ether oxygens (including phenoxy) is 1. The van der Waals surface area contributed by atoms with E-state index in [-0.39, 0.29) is 16.8 Å². The molecule has 0 spiro atoms. The molecule has 0 amide bonds. The molecule has 0 bridgehead atoms. The summed E-state index contributed by atoms with van der Waals surface area (Å²) in [5.41, 5.74) is 0.327. The van der Waals surface area contributed by atoms with Crippen LogP contribution in [0.15, 0.2) is 54.1 Å². The zero-order chi connectivity index (χ0) is 16.8. The van der Waals surface area contributed by atoms with Crippen LogP contribution in [0.3, 0.4) is 0 Å². The lowest BCUT2D eigenvalue weighted by atomic mass is 10.0. The van der Waals surface area contributed by atoms with E-state index in [0.29, 0.717) is 11.3 Å². The van der Waals surface area contributed by atoms with E-state index in [4.69, 9.17) is 4.74 Å². The van der Waals surface area contributed by atoms with E-state index in [0.717, 1.165) is 6.07 Å². The zero-order valence-corrected chi connectivity index (χ0v) is 12.2. The number of nitro groups is 1. The van der Waals surface area contributed by atoms with Gasteiger partial charge in [0.2, 0.25) is 5.78 Å². The minimum Gasteiger partial charge on any atom is -0.496 e. The Bertz CT molecular complexity index is 834. The third kappa shape index (κ3) is 3.60. The van der Waals surface area contributed by atoms with E-state index in [1.54, 1.807) is 24.3 Å². The maximum Gasteiger partial charge on any atom is 0.270 e. The molecule has 23 heavy (non-hydrogen) atoms. The number of hydrogen-bond acceptors (Lipinski definition) is 5. The monoisotopic (exact) mass is 308 g/mol. The number of ketones is 1. The number of rotatable bonds is 5. The summed E-state index contributed by atoms with van der Waals surface area (Å²) in [4.78, 5) is 22.6. The lowest BCUT2D eigenvalue weighted by molar-refractivity contribution is -0.384. The Morgan fingerprint density at radius 3 is 2.65 bits per heavy atom. The quantitative estimate of drug-likeness (QED) is 0.277. The van der Waals surface area contributed by atoms with Gasteiger partial charge in [-0.1, -0.05) is 30.3 Å². The molecule has 0 N–H and O–H groups in total. The molecule has 0 aliphatic carbocycles. The fourth-order valence-corrected chi connectivity index (χ4v) is 2.01. The molecule has 0 fully saturated rings. The molecule has 2 aromatic rings. The van der Waals surface area contributed by atoms with Crippen LogP contribution in [-0.4, -0.2) is 17.8 Å². The van der Waals surface area contributed by atoms with Crippen LogP contribution in [0.25, 0.3) is 6.08 Å². The van der Waals surface area contributed by atoms with E-state index in [2.05, 4.69) is 0 Å². The lowest BCUT2D eigenvalue weighted by Gasteiger charge is -2.05. The molecule has 0 aliphatic rings. The molecule has 0 saturated heterocycles. The zero-order valence-electron chi connectivity index (χ0n) is 12.2. The van der Waals surface area contributed by atoms with E-state index < -0.39 is 10.7 Å². The van der Waals surface area contributed by atoms with Gasteiger partial charge in [0.05, 0.1) is 12.0 Å². The number of carbonyl (C=O) groups excluding carboxylic acids is 1. The maximum absolute atomic E-state index is 12.4. The first-order valence-corrected chi connectivity index (χ1v) is 6.60. The highest BCUT2D eigenvalue weighted by Gasteiger charge is 2.16. The standard InChI is InChI=1S/C17H12N2O4/c1-23-16-8-3-2-5-12(16)9-14(11-18)17(20)13-6-4-7-15(10-13)19(21)22/h2-10H,1H3/b14-9+. The number of nitriles is 1. The van der Waals surface area contributed by atoms with Crippen molar-refractivity contribution in [3.8, 4) is 11.8 Å².